The Labute approximate surface area is 139 Å². The van der Waals surface area contributed by atoms with Crippen molar-refractivity contribution in [1.29, 1.82) is 0 Å². The lowest BCUT2D eigenvalue weighted by atomic mass is 10.2. The molecule has 9 heteroatoms. The van der Waals surface area contributed by atoms with Crippen LogP contribution in [-0.2, 0) is 17.9 Å². The number of nitrogens with zero attached hydrogens (tertiary/aromatic N) is 3. The van der Waals surface area contributed by atoms with Crippen LogP contribution in [0.25, 0.3) is 11.0 Å². The maximum atomic E-state index is 12.3. The number of carbonyl (C=O) groups is 1. The number of nitro benzene ring substituents is 1. The van der Waals surface area contributed by atoms with Gasteiger partial charge in [-0.25, -0.2) is 4.79 Å². The lowest BCUT2D eigenvalue weighted by Gasteiger charge is -2.06. The van der Waals surface area contributed by atoms with Crippen molar-refractivity contribution < 1.29 is 9.72 Å². The summed E-state index contributed by atoms with van der Waals surface area (Å²) in [7, 11) is 0. The lowest BCUT2D eigenvalue weighted by molar-refractivity contribution is -0.383. The van der Waals surface area contributed by atoms with Crippen LogP contribution in [0.2, 0.25) is 0 Å². The average Bonchev–Trinajstić information content (AvgIpc) is 2.75. The van der Waals surface area contributed by atoms with E-state index in [-0.39, 0.29) is 27.4 Å². The summed E-state index contributed by atoms with van der Waals surface area (Å²) in [4.78, 5) is 34.5. The van der Waals surface area contributed by atoms with Gasteiger partial charge in [-0.15, -0.1) is 0 Å². The van der Waals surface area contributed by atoms with E-state index in [9.17, 15) is 19.7 Å². The summed E-state index contributed by atoms with van der Waals surface area (Å²) in [5, 5.41) is 13.8. The van der Waals surface area contributed by atoms with Crippen LogP contribution < -0.4 is 11.0 Å². The van der Waals surface area contributed by atoms with Crippen molar-refractivity contribution in [3.05, 3.63) is 32.7 Å². The summed E-state index contributed by atoms with van der Waals surface area (Å²) in [6.07, 6.45) is 0. The summed E-state index contributed by atoms with van der Waals surface area (Å²) in [5.41, 5.74) is 0.736. The van der Waals surface area contributed by atoms with Crippen molar-refractivity contribution >= 4 is 50.9 Å². The minimum atomic E-state index is -0.560. The molecule has 0 aliphatic heterocycles. The van der Waals surface area contributed by atoms with Gasteiger partial charge in [0, 0.05) is 19.2 Å². The molecule has 22 heavy (non-hydrogen) atoms. The van der Waals surface area contributed by atoms with E-state index in [1.807, 2.05) is 29.5 Å². The molecule has 0 fully saturated rings. The van der Waals surface area contributed by atoms with Gasteiger partial charge in [0.1, 0.15) is 5.69 Å². The number of benzene rings is 1. The number of amides is 1. The van der Waals surface area contributed by atoms with Crippen LogP contribution >= 0.6 is 22.6 Å². The van der Waals surface area contributed by atoms with Crippen molar-refractivity contribution in [2.75, 3.05) is 9.74 Å². The second kappa shape index (κ2) is 6.46. The number of hydrogen-bond acceptors (Lipinski definition) is 4. The molecule has 0 radical (unpaired) electrons. The molecule has 0 aliphatic rings. The predicted octanol–water partition coefficient (Wildman–Crippen LogP) is 2.12. The van der Waals surface area contributed by atoms with E-state index in [1.54, 1.807) is 6.92 Å². The van der Waals surface area contributed by atoms with Gasteiger partial charge in [-0.3, -0.25) is 24.0 Å². The zero-order valence-electron chi connectivity index (χ0n) is 12.1. The first-order chi connectivity index (χ1) is 10.4. The molecule has 1 N–H and O–H groups in total. The molecule has 0 spiro atoms. The van der Waals surface area contributed by atoms with Crippen LogP contribution in [0.1, 0.15) is 13.8 Å². The second-order valence-electron chi connectivity index (χ2n) is 4.57. The van der Waals surface area contributed by atoms with Crippen LogP contribution in [0.5, 0.6) is 0 Å². The molecule has 1 aromatic heterocycles. The highest BCUT2D eigenvalue weighted by atomic mass is 127. The van der Waals surface area contributed by atoms with Crippen molar-refractivity contribution in [2.45, 2.75) is 26.9 Å². The largest absolute Gasteiger partial charge is 0.329 e. The highest BCUT2D eigenvalue weighted by Gasteiger charge is 2.21. The summed E-state index contributed by atoms with van der Waals surface area (Å²) in [6, 6.07) is 2.84. The van der Waals surface area contributed by atoms with E-state index in [2.05, 4.69) is 5.32 Å². The highest BCUT2D eigenvalue weighted by molar-refractivity contribution is 14.1. The van der Waals surface area contributed by atoms with E-state index in [0.717, 1.165) is 0 Å². The lowest BCUT2D eigenvalue weighted by Crippen LogP contribution is -2.23. The van der Waals surface area contributed by atoms with Crippen LogP contribution in [0.4, 0.5) is 11.4 Å². The average molecular weight is 418 g/mol. The quantitative estimate of drug-likeness (QED) is 0.348. The molecule has 1 heterocycles. The third kappa shape index (κ3) is 2.72. The minimum absolute atomic E-state index is 0.106. The second-order valence-corrected chi connectivity index (χ2v) is 5.33. The Morgan fingerprint density at radius 3 is 2.27 bits per heavy atom. The van der Waals surface area contributed by atoms with Crippen LogP contribution in [-0.4, -0.2) is 24.4 Å². The first-order valence-electron chi connectivity index (χ1n) is 6.71. The van der Waals surface area contributed by atoms with Crippen LogP contribution in [0.15, 0.2) is 16.9 Å². The predicted molar refractivity (Wildman–Crippen MR) is 91.7 cm³/mol. The maximum absolute atomic E-state index is 12.3. The zero-order valence-corrected chi connectivity index (χ0v) is 14.3. The molecule has 1 amide bonds. The summed E-state index contributed by atoms with van der Waals surface area (Å²) < 4.78 is 3.20. The van der Waals surface area contributed by atoms with Gasteiger partial charge < -0.3 is 5.32 Å². The number of carbonyl (C=O) groups excluding carboxylic acids is 1. The Bertz CT molecular complexity index is 808. The number of rotatable bonds is 5. The molecule has 0 saturated carbocycles. The van der Waals surface area contributed by atoms with Gasteiger partial charge in [-0.2, -0.15) is 0 Å². The number of halogens is 1. The molecule has 0 unspecified atom stereocenters. The van der Waals surface area contributed by atoms with E-state index >= 15 is 0 Å². The smallest absolute Gasteiger partial charge is 0.320 e. The van der Waals surface area contributed by atoms with Gasteiger partial charge in [-0.05, 0) is 19.9 Å². The first kappa shape index (κ1) is 16.5. The Balaban J connectivity index is 2.80. The molecular weight excluding hydrogens is 403 g/mol. The van der Waals surface area contributed by atoms with Crippen molar-refractivity contribution in [3.63, 3.8) is 0 Å². The van der Waals surface area contributed by atoms with Gasteiger partial charge in [0.05, 0.1) is 20.4 Å². The van der Waals surface area contributed by atoms with Crippen molar-refractivity contribution in [2.24, 2.45) is 0 Å². The Morgan fingerprint density at radius 1 is 1.27 bits per heavy atom. The Hall–Kier alpha value is -1.91. The number of nitro groups is 1. The van der Waals surface area contributed by atoms with E-state index in [1.165, 1.54) is 21.3 Å². The minimum Gasteiger partial charge on any atom is -0.320 e. The molecule has 0 aliphatic carbocycles. The molecule has 2 rings (SSSR count). The maximum Gasteiger partial charge on any atom is 0.329 e. The summed E-state index contributed by atoms with van der Waals surface area (Å²) in [6.45, 7) is 4.49. The number of fused-ring (bicyclic) bond motifs is 1. The van der Waals surface area contributed by atoms with Gasteiger partial charge in [0.25, 0.3) is 5.69 Å². The topological polar surface area (TPSA) is 99.2 Å². The number of alkyl halides is 1. The van der Waals surface area contributed by atoms with Crippen LogP contribution in [0, 0.1) is 10.1 Å². The fourth-order valence-electron chi connectivity index (χ4n) is 2.40. The number of aromatic nitrogens is 2. The monoisotopic (exact) mass is 418 g/mol. The third-order valence-electron chi connectivity index (χ3n) is 3.36. The van der Waals surface area contributed by atoms with E-state index in [4.69, 9.17) is 0 Å². The molecule has 0 saturated heterocycles. The van der Waals surface area contributed by atoms with E-state index in [0.29, 0.717) is 24.1 Å². The highest BCUT2D eigenvalue weighted by Crippen LogP contribution is 2.30. The summed E-state index contributed by atoms with van der Waals surface area (Å²) in [5.74, 6) is -0.330. The van der Waals surface area contributed by atoms with Crippen LogP contribution in [0.3, 0.4) is 0 Å². The Morgan fingerprint density at radius 2 is 1.82 bits per heavy atom. The SMILES string of the molecule is CCn1c(=O)n(CC)c2cc([N+](=O)[O-])c(NC(=O)CI)cc21. The molecule has 0 atom stereocenters. The standard InChI is InChI=1S/C13H15IN4O4/c1-3-16-10-5-8(15-12(19)7-14)9(18(21)22)6-11(10)17(4-2)13(16)20/h5-6H,3-4,7H2,1-2H3,(H,15,19). The molecule has 0 bridgehead atoms. The van der Waals surface area contributed by atoms with Crippen molar-refractivity contribution in [1.82, 2.24) is 9.13 Å². The number of anilines is 1. The molecule has 118 valence electrons. The van der Waals surface area contributed by atoms with Gasteiger partial charge in [-0.1, -0.05) is 22.6 Å². The van der Waals surface area contributed by atoms with Crippen molar-refractivity contribution in [3.8, 4) is 0 Å². The fraction of sp³-hybridized carbons (Fsp3) is 0.385. The van der Waals surface area contributed by atoms with E-state index < -0.39 is 4.92 Å². The third-order valence-corrected chi connectivity index (χ3v) is 4.05. The Kier molecular flexibility index (Phi) is 4.84. The molecule has 8 nitrogen and oxygen atoms in total. The fourth-order valence-corrected chi connectivity index (χ4v) is 2.59. The van der Waals surface area contributed by atoms with Gasteiger partial charge in [0.2, 0.25) is 5.91 Å². The molecule has 1 aromatic carbocycles. The van der Waals surface area contributed by atoms with Gasteiger partial charge >= 0.3 is 5.69 Å². The molecular formula is C13H15IN4O4. The van der Waals surface area contributed by atoms with Gasteiger partial charge in [0.15, 0.2) is 0 Å². The summed E-state index contributed by atoms with van der Waals surface area (Å²) >= 11 is 1.88. The number of nitrogens with one attached hydrogen (secondary N) is 1. The number of hydrogen-bond donors (Lipinski definition) is 1. The number of imidazole rings is 1. The molecule has 2 aromatic rings. The normalized spacial score (nSPS) is 10.9. The zero-order chi connectivity index (χ0) is 16.4. The number of aryl methyl sites for hydroxylation is 2. The first-order valence-corrected chi connectivity index (χ1v) is 8.24.